The van der Waals surface area contributed by atoms with Gasteiger partial charge in [-0.2, -0.15) is 18.3 Å². The number of carboxylic acids is 1. The van der Waals surface area contributed by atoms with Crippen LogP contribution in [-0.4, -0.2) is 61.2 Å². The van der Waals surface area contributed by atoms with Crippen LogP contribution in [-0.2, 0) is 11.0 Å². The molecule has 1 aliphatic carbocycles. The molecule has 208 valence electrons. The molecule has 8 nitrogen and oxygen atoms in total. The lowest BCUT2D eigenvalue weighted by Crippen LogP contribution is -2.43. The summed E-state index contributed by atoms with van der Waals surface area (Å²) < 4.78 is 58.2. The standard InChI is InChI=1S/C24H26Cl2F4N4O4/c1-23(2,27)12-33(11-18(35)19-16(25)9-31-10-17(19)26)21(36)15-8-32-34(20(15)24(28,29)30)14-5-3-4-13(6-7-14)22(37)38/h8-10,13-14H,3-7,11-12H2,1-2H3,(H,37,38)/t13-,14-/m1/s1. The molecule has 14 heteroatoms. The summed E-state index contributed by atoms with van der Waals surface area (Å²) in [5, 5.41) is 12.9. The van der Waals surface area contributed by atoms with Crippen LogP contribution >= 0.6 is 23.2 Å². The smallest absolute Gasteiger partial charge is 0.433 e. The number of carbonyl (C=O) groups is 3. The lowest BCUT2D eigenvalue weighted by molar-refractivity contribution is -0.146. The first-order valence-corrected chi connectivity index (χ1v) is 12.5. The minimum absolute atomic E-state index is 0.119. The zero-order valence-electron chi connectivity index (χ0n) is 20.6. The number of hydrogen-bond acceptors (Lipinski definition) is 5. The van der Waals surface area contributed by atoms with Gasteiger partial charge in [0, 0.05) is 12.4 Å². The molecule has 2 heterocycles. The Morgan fingerprint density at radius 1 is 1.05 bits per heavy atom. The largest absolute Gasteiger partial charge is 0.481 e. The summed E-state index contributed by atoms with van der Waals surface area (Å²) in [7, 11) is 0. The molecule has 2 aromatic rings. The molecule has 0 saturated heterocycles. The average molecular weight is 581 g/mol. The fourth-order valence-electron chi connectivity index (χ4n) is 4.61. The number of rotatable bonds is 8. The van der Waals surface area contributed by atoms with Gasteiger partial charge in [-0.15, -0.1) is 0 Å². The average Bonchev–Trinajstić information content (AvgIpc) is 3.08. The number of nitrogens with zero attached hydrogens (tertiary/aromatic N) is 4. The monoisotopic (exact) mass is 580 g/mol. The Bertz CT molecular complexity index is 1190. The second kappa shape index (κ2) is 11.6. The van der Waals surface area contributed by atoms with Crippen LogP contribution in [0.25, 0.3) is 0 Å². The first-order chi connectivity index (χ1) is 17.6. The number of alkyl halides is 4. The van der Waals surface area contributed by atoms with E-state index in [4.69, 9.17) is 23.2 Å². The van der Waals surface area contributed by atoms with Crippen LogP contribution < -0.4 is 0 Å². The lowest BCUT2D eigenvalue weighted by Gasteiger charge is -2.28. The Balaban J connectivity index is 1.99. The molecule has 0 bridgehead atoms. The molecule has 2 atom stereocenters. The number of amides is 1. The van der Waals surface area contributed by atoms with Crippen LogP contribution in [0.3, 0.4) is 0 Å². The molecule has 0 aromatic carbocycles. The number of ketones is 1. The molecule has 0 aliphatic heterocycles. The molecule has 0 spiro atoms. The number of carboxylic acid groups (broad SMARTS) is 1. The van der Waals surface area contributed by atoms with Crippen molar-refractivity contribution in [2.75, 3.05) is 13.1 Å². The van der Waals surface area contributed by atoms with Crippen molar-refractivity contribution in [2.24, 2.45) is 5.92 Å². The number of pyridine rings is 1. The molecular formula is C24H26Cl2F4N4O4. The van der Waals surface area contributed by atoms with Gasteiger partial charge in [-0.25, -0.2) is 4.39 Å². The van der Waals surface area contributed by atoms with Crippen LogP contribution in [0.1, 0.15) is 78.4 Å². The molecule has 1 fully saturated rings. The number of aliphatic carboxylic acids is 1. The zero-order valence-corrected chi connectivity index (χ0v) is 22.1. The van der Waals surface area contributed by atoms with Crippen molar-refractivity contribution in [1.82, 2.24) is 19.7 Å². The highest BCUT2D eigenvalue weighted by Gasteiger charge is 2.43. The Labute approximate surface area is 225 Å². The maximum Gasteiger partial charge on any atom is 0.433 e. The summed E-state index contributed by atoms with van der Waals surface area (Å²) in [5.74, 6) is -3.75. The van der Waals surface area contributed by atoms with Crippen LogP contribution in [0.5, 0.6) is 0 Å². The van der Waals surface area contributed by atoms with E-state index in [1.165, 1.54) is 0 Å². The summed E-state index contributed by atoms with van der Waals surface area (Å²) >= 11 is 12.0. The third kappa shape index (κ3) is 7.02. The first-order valence-electron chi connectivity index (χ1n) is 11.8. The second-order valence-electron chi connectivity index (χ2n) is 9.83. The number of aromatic nitrogens is 3. The van der Waals surface area contributed by atoms with Gasteiger partial charge in [0.15, 0.2) is 11.5 Å². The Morgan fingerprint density at radius 2 is 1.68 bits per heavy atom. The van der Waals surface area contributed by atoms with Crippen molar-refractivity contribution < 1.29 is 37.1 Å². The van der Waals surface area contributed by atoms with Gasteiger partial charge in [0.1, 0.15) is 5.67 Å². The third-order valence-corrected chi connectivity index (χ3v) is 6.82. The summed E-state index contributed by atoms with van der Waals surface area (Å²) in [5.41, 5.74) is -4.45. The van der Waals surface area contributed by atoms with Crippen LogP contribution in [0.2, 0.25) is 10.0 Å². The summed E-state index contributed by atoms with van der Waals surface area (Å²) in [4.78, 5) is 42.2. The predicted molar refractivity (Wildman–Crippen MR) is 130 cm³/mol. The zero-order chi connectivity index (χ0) is 28.4. The van der Waals surface area contributed by atoms with E-state index in [1.54, 1.807) is 0 Å². The lowest BCUT2D eigenvalue weighted by atomic mass is 10.0. The van der Waals surface area contributed by atoms with Gasteiger partial charge in [0.25, 0.3) is 5.91 Å². The van der Waals surface area contributed by atoms with Crippen molar-refractivity contribution in [3.8, 4) is 0 Å². The van der Waals surface area contributed by atoms with Gasteiger partial charge in [-0.05, 0) is 39.5 Å². The van der Waals surface area contributed by atoms with E-state index in [0.717, 1.165) is 32.4 Å². The normalized spacial score (nSPS) is 18.6. The Kier molecular flexibility index (Phi) is 9.08. The second-order valence-corrected chi connectivity index (χ2v) is 10.6. The maximum atomic E-state index is 14.6. The van der Waals surface area contributed by atoms with Crippen molar-refractivity contribution in [1.29, 1.82) is 0 Å². The van der Waals surface area contributed by atoms with Gasteiger partial charge >= 0.3 is 12.1 Å². The molecule has 0 unspecified atom stereocenters. The topological polar surface area (TPSA) is 105 Å². The number of hydrogen-bond donors (Lipinski definition) is 1. The minimum atomic E-state index is -5.02. The summed E-state index contributed by atoms with van der Waals surface area (Å²) in [6, 6.07) is -0.792. The molecule has 0 radical (unpaired) electrons. The number of halogens is 6. The Morgan fingerprint density at radius 3 is 2.24 bits per heavy atom. The van der Waals surface area contributed by atoms with Gasteiger partial charge in [0.2, 0.25) is 0 Å². The van der Waals surface area contributed by atoms with Crippen LogP contribution in [0.4, 0.5) is 17.6 Å². The van der Waals surface area contributed by atoms with E-state index in [9.17, 15) is 37.1 Å². The minimum Gasteiger partial charge on any atom is -0.481 e. The van der Waals surface area contributed by atoms with E-state index < -0.39 is 65.8 Å². The maximum absolute atomic E-state index is 14.6. The molecule has 1 saturated carbocycles. The molecule has 1 N–H and O–H groups in total. The third-order valence-electron chi connectivity index (χ3n) is 6.25. The van der Waals surface area contributed by atoms with E-state index >= 15 is 0 Å². The van der Waals surface area contributed by atoms with E-state index in [2.05, 4.69) is 10.1 Å². The van der Waals surface area contributed by atoms with Gasteiger partial charge < -0.3 is 10.0 Å². The van der Waals surface area contributed by atoms with Gasteiger partial charge in [0.05, 0.1) is 52.4 Å². The molecular weight excluding hydrogens is 555 g/mol. The number of carbonyl (C=O) groups excluding carboxylic acids is 2. The predicted octanol–water partition coefficient (Wildman–Crippen LogP) is 5.88. The highest BCUT2D eigenvalue weighted by atomic mass is 35.5. The van der Waals surface area contributed by atoms with E-state index in [0.29, 0.717) is 22.4 Å². The highest BCUT2D eigenvalue weighted by molar-refractivity contribution is 6.39. The summed E-state index contributed by atoms with van der Waals surface area (Å²) in [6.07, 6.45) is -0.787. The molecule has 1 aliphatic rings. The van der Waals surface area contributed by atoms with Gasteiger partial charge in [-0.3, -0.25) is 24.0 Å². The fraction of sp³-hybridized carbons (Fsp3) is 0.542. The summed E-state index contributed by atoms with van der Waals surface area (Å²) in [6.45, 7) is 0.719. The fourth-order valence-corrected chi connectivity index (χ4v) is 5.18. The van der Waals surface area contributed by atoms with Crippen molar-refractivity contribution >= 4 is 40.9 Å². The first kappa shape index (κ1) is 29.8. The van der Waals surface area contributed by atoms with Gasteiger partial charge in [-0.1, -0.05) is 29.6 Å². The van der Waals surface area contributed by atoms with Crippen molar-refractivity contribution in [3.63, 3.8) is 0 Å². The van der Waals surface area contributed by atoms with Crippen LogP contribution in [0, 0.1) is 5.92 Å². The highest BCUT2D eigenvalue weighted by Crippen LogP contribution is 2.38. The van der Waals surface area contributed by atoms with E-state index in [-0.39, 0.29) is 34.9 Å². The van der Waals surface area contributed by atoms with Crippen molar-refractivity contribution in [2.45, 2.75) is 63.8 Å². The molecule has 3 rings (SSSR count). The Hall–Kier alpha value is -2.73. The number of Topliss-reactive ketones (excluding diaryl/α,β-unsaturated/α-hetero) is 1. The van der Waals surface area contributed by atoms with Crippen LogP contribution in [0.15, 0.2) is 18.6 Å². The molecule has 2 aromatic heterocycles. The van der Waals surface area contributed by atoms with Crippen molar-refractivity contribution in [3.05, 3.63) is 45.5 Å². The molecule has 38 heavy (non-hydrogen) atoms. The van der Waals surface area contributed by atoms with E-state index in [1.807, 2.05) is 0 Å². The molecule has 1 amide bonds. The SMILES string of the molecule is CC(C)(F)CN(CC(=O)c1c(Cl)cncc1Cl)C(=O)c1cnn([C@@H]2CCC[C@@H](C(=O)O)CC2)c1C(F)(F)F. The quantitative estimate of drug-likeness (QED) is 0.237.